The minimum absolute atomic E-state index is 0.276. The number of rotatable bonds is 7. The van der Waals surface area contributed by atoms with Crippen LogP contribution in [0.1, 0.15) is 18.1 Å². The largest absolute Gasteiger partial charge is 0.308 e. The predicted octanol–water partition coefficient (Wildman–Crippen LogP) is 4.84. The molecule has 0 saturated heterocycles. The quantitative estimate of drug-likeness (QED) is 0.475. The summed E-state index contributed by atoms with van der Waals surface area (Å²) in [4.78, 5) is 0. The highest BCUT2D eigenvalue weighted by Gasteiger charge is 2.15. The van der Waals surface area contributed by atoms with Crippen LogP contribution in [0, 0.1) is 5.82 Å². The second-order valence-electron chi connectivity index (χ2n) is 6.71. The molecule has 0 spiro atoms. The highest BCUT2D eigenvalue weighted by atomic mass is 35.5. The van der Waals surface area contributed by atoms with E-state index in [-0.39, 0.29) is 5.82 Å². The highest BCUT2D eigenvalue weighted by Crippen LogP contribution is 2.30. The van der Waals surface area contributed by atoms with Crippen LogP contribution in [0.15, 0.2) is 67.1 Å². The van der Waals surface area contributed by atoms with Crippen LogP contribution in [0.2, 0.25) is 5.02 Å². The van der Waals surface area contributed by atoms with Gasteiger partial charge in [-0.05, 0) is 37.3 Å². The minimum atomic E-state index is -0.276. The summed E-state index contributed by atoms with van der Waals surface area (Å²) in [5.41, 5.74) is 4.58. The zero-order valence-corrected chi connectivity index (χ0v) is 16.8. The molecule has 4 aromatic rings. The topological polar surface area (TPSA) is 47.7 Å². The van der Waals surface area contributed by atoms with Crippen molar-refractivity contribution in [2.45, 2.75) is 26.6 Å². The molecule has 0 amide bonds. The van der Waals surface area contributed by atoms with Crippen molar-refractivity contribution in [3.8, 4) is 16.9 Å². The molecule has 5 nitrogen and oxygen atoms in total. The number of nitrogens with zero attached hydrogens (tertiary/aromatic N) is 4. The fourth-order valence-electron chi connectivity index (χ4n) is 3.16. The standard InChI is InChI=1S/C22H21ClFN5/c1-2-28-14-16(12-26-28)11-25-13-17-15-29(19-9-7-18(24)8-10-19)27-22(17)20-5-3-4-6-21(20)23/h3-10,12,14-15,25H,2,11,13H2,1H3. The van der Waals surface area contributed by atoms with E-state index in [0.717, 1.165) is 34.6 Å². The van der Waals surface area contributed by atoms with Crippen LogP contribution < -0.4 is 5.32 Å². The van der Waals surface area contributed by atoms with Crippen molar-refractivity contribution in [2.75, 3.05) is 0 Å². The van der Waals surface area contributed by atoms with Crippen LogP contribution in [0.4, 0.5) is 4.39 Å². The summed E-state index contributed by atoms with van der Waals surface area (Å²) in [6.45, 7) is 4.22. The first kappa shape index (κ1) is 19.4. The third-order valence-electron chi connectivity index (χ3n) is 4.67. The maximum absolute atomic E-state index is 13.3. The zero-order chi connectivity index (χ0) is 20.2. The Hall–Kier alpha value is -2.96. The van der Waals surface area contributed by atoms with E-state index in [4.69, 9.17) is 16.7 Å². The van der Waals surface area contributed by atoms with Crippen molar-refractivity contribution in [3.63, 3.8) is 0 Å². The van der Waals surface area contributed by atoms with Gasteiger partial charge in [0.15, 0.2) is 0 Å². The Kier molecular flexibility index (Phi) is 5.74. The van der Waals surface area contributed by atoms with E-state index in [1.54, 1.807) is 16.8 Å². The van der Waals surface area contributed by atoms with Crippen molar-refractivity contribution in [2.24, 2.45) is 0 Å². The van der Waals surface area contributed by atoms with Gasteiger partial charge in [0.25, 0.3) is 0 Å². The Bertz CT molecular complexity index is 1100. The average molecular weight is 410 g/mol. The number of nitrogens with one attached hydrogen (secondary N) is 1. The Morgan fingerprint density at radius 1 is 1.03 bits per heavy atom. The monoisotopic (exact) mass is 409 g/mol. The van der Waals surface area contributed by atoms with Crippen molar-refractivity contribution in [1.82, 2.24) is 24.9 Å². The Balaban J connectivity index is 1.61. The summed E-state index contributed by atoms with van der Waals surface area (Å²) in [6.07, 6.45) is 5.85. The third kappa shape index (κ3) is 4.39. The van der Waals surface area contributed by atoms with Crippen molar-refractivity contribution < 1.29 is 4.39 Å². The number of benzene rings is 2. The van der Waals surface area contributed by atoms with Crippen LogP contribution >= 0.6 is 11.6 Å². The Morgan fingerprint density at radius 2 is 1.83 bits per heavy atom. The minimum Gasteiger partial charge on any atom is -0.308 e. The molecule has 29 heavy (non-hydrogen) atoms. The lowest BCUT2D eigenvalue weighted by molar-refractivity contribution is 0.627. The van der Waals surface area contributed by atoms with Crippen LogP contribution in [0.25, 0.3) is 16.9 Å². The smallest absolute Gasteiger partial charge is 0.123 e. The second kappa shape index (κ2) is 8.59. The zero-order valence-electron chi connectivity index (χ0n) is 16.0. The van der Waals surface area contributed by atoms with Crippen LogP contribution in [0.5, 0.6) is 0 Å². The normalized spacial score (nSPS) is 11.1. The molecular weight excluding hydrogens is 389 g/mol. The molecule has 0 atom stereocenters. The maximum atomic E-state index is 13.3. The van der Waals surface area contributed by atoms with Crippen molar-refractivity contribution in [1.29, 1.82) is 0 Å². The van der Waals surface area contributed by atoms with E-state index in [0.29, 0.717) is 18.1 Å². The fraction of sp³-hybridized carbons (Fsp3) is 0.182. The summed E-state index contributed by atoms with van der Waals surface area (Å²) in [5.74, 6) is -0.276. The number of halogens is 2. The molecule has 4 rings (SSSR count). The predicted molar refractivity (Wildman–Crippen MR) is 112 cm³/mol. The maximum Gasteiger partial charge on any atom is 0.123 e. The van der Waals surface area contributed by atoms with E-state index < -0.39 is 0 Å². The number of hydrogen-bond acceptors (Lipinski definition) is 3. The van der Waals surface area contributed by atoms with Gasteiger partial charge >= 0.3 is 0 Å². The van der Waals surface area contributed by atoms with E-state index in [1.807, 2.05) is 47.5 Å². The molecule has 2 aromatic heterocycles. The Morgan fingerprint density at radius 3 is 2.55 bits per heavy atom. The van der Waals surface area contributed by atoms with Gasteiger partial charge in [0.05, 0.1) is 22.6 Å². The number of hydrogen-bond donors (Lipinski definition) is 1. The summed E-state index contributed by atoms with van der Waals surface area (Å²) in [7, 11) is 0. The molecule has 0 aliphatic rings. The molecular formula is C22H21ClFN5. The summed E-state index contributed by atoms with van der Waals surface area (Å²) in [6, 6.07) is 13.9. The molecule has 2 heterocycles. The van der Waals surface area contributed by atoms with Crippen LogP contribution in [0.3, 0.4) is 0 Å². The summed E-state index contributed by atoms with van der Waals surface area (Å²) >= 11 is 6.43. The highest BCUT2D eigenvalue weighted by molar-refractivity contribution is 6.33. The van der Waals surface area contributed by atoms with E-state index in [2.05, 4.69) is 17.3 Å². The molecule has 2 aromatic carbocycles. The van der Waals surface area contributed by atoms with Gasteiger partial charge in [0.2, 0.25) is 0 Å². The lowest BCUT2D eigenvalue weighted by Gasteiger charge is -2.05. The molecule has 0 bridgehead atoms. The average Bonchev–Trinajstić information content (AvgIpc) is 3.36. The van der Waals surface area contributed by atoms with Gasteiger partial charge in [-0.15, -0.1) is 0 Å². The number of aryl methyl sites for hydroxylation is 1. The van der Waals surface area contributed by atoms with E-state index >= 15 is 0 Å². The third-order valence-corrected chi connectivity index (χ3v) is 5.00. The molecule has 0 aliphatic carbocycles. The first-order valence-electron chi connectivity index (χ1n) is 9.45. The molecule has 0 saturated carbocycles. The SMILES string of the molecule is CCn1cc(CNCc2cn(-c3ccc(F)cc3)nc2-c2ccccc2Cl)cn1. The van der Waals surface area contributed by atoms with E-state index in [9.17, 15) is 4.39 Å². The van der Waals surface area contributed by atoms with Gasteiger partial charge in [-0.1, -0.05) is 29.8 Å². The second-order valence-corrected chi connectivity index (χ2v) is 7.12. The van der Waals surface area contributed by atoms with Crippen molar-refractivity contribution >= 4 is 11.6 Å². The van der Waals surface area contributed by atoms with Crippen LogP contribution in [-0.4, -0.2) is 19.6 Å². The summed E-state index contributed by atoms with van der Waals surface area (Å²) < 4.78 is 17.0. The molecule has 0 aliphatic heterocycles. The lowest BCUT2D eigenvalue weighted by Crippen LogP contribution is -2.12. The van der Waals surface area contributed by atoms with Crippen LogP contribution in [-0.2, 0) is 19.6 Å². The van der Waals surface area contributed by atoms with Gasteiger partial charge in [-0.25, -0.2) is 9.07 Å². The van der Waals surface area contributed by atoms with Gasteiger partial charge in [-0.2, -0.15) is 10.2 Å². The van der Waals surface area contributed by atoms with Crippen molar-refractivity contribution in [3.05, 3.63) is 89.1 Å². The number of aromatic nitrogens is 4. The molecule has 0 unspecified atom stereocenters. The lowest BCUT2D eigenvalue weighted by atomic mass is 10.1. The van der Waals surface area contributed by atoms with Gasteiger partial charge in [0, 0.05) is 48.7 Å². The molecule has 1 N–H and O–H groups in total. The van der Waals surface area contributed by atoms with Gasteiger partial charge in [-0.3, -0.25) is 4.68 Å². The summed E-state index contributed by atoms with van der Waals surface area (Å²) in [5, 5.41) is 13.1. The van der Waals surface area contributed by atoms with Gasteiger partial charge in [0.1, 0.15) is 5.82 Å². The fourth-order valence-corrected chi connectivity index (χ4v) is 3.38. The van der Waals surface area contributed by atoms with E-state index in [1.165, 1.54) is 12.1 Å². The molecule has 148 valence electrons. The first-order chi connectivity index (χ1) is 14.1. The molecule has 0 radical (unpaired) electrons. The molecule has 7 heteroatoms. The first-order valence-corrected chi connectivity index (χ1v) is 9.83. The molecule has 0 fully saturated rings. The Labute approximate surface area is 173 Å². The van der Waals surface area contributed by atoms with Gasteiger partial charge < -0.3 is 5.32 Å².